The number of nitrogens with zero attached hydrogens (tertiary/aromatic N) is 1. The first-order valence-corrected chi connectivity index (χ1v) is 9.92. The van der Waals surface area contributed by atoms with Gasteiger partial charge < -0.3 is 0 Å². The summed E-state index contributed by atoms with van der Waals surface area (Å²) in [4.78, 5) is 0.315. The fraction of sp³-hybridized carbons (Fsp3) is 0.143. The molecule has 0 amide bonds. The fourth-order valence-corrected chi connectivity index (χ4v) is 4.69. The van der Waals surface area contributed by atoms with Gasteiger partial charge in [-0.2, -0.15) is 4.31 Å². The predicted molar refractivity (Wildman–Crippen MR) is 102 cm³/mol. The summed E-state index contributed by atoms with van der Waals surface area (Å²) in [6.07, 6.45) is 2.52. The van der Waals surface area contributed by atoms with Crippen LogP contribution in [0.5, 0.6) is 0 Å². The lowest BCUT2D eigenvalue weighted by Gasteiger charge is -2.26. The largest absolute Gasteiger partial charge is 0.243 e. The first-order valence-electron chi connectivity index (χ1n) is 8.48. The van der Waals surface area contributed by atoms with Crippen molar-refractivity contribution in [3.63, 3.8) is 0 Å². The van der Waals surface area contributed by atoms with Crippen LogP contribution in [0.25, 0.3) is 16.3 Å². The van der Waals surface area contributed by atoms with Crippen LogP contribution in [0, 0.1) is 5.82 Å². The quantitative estimate of drug-likeness (QED) is 0.685. The van der Waals surface area contributed by atoms with Gasteiger partial charge in [-0.3, -0.25) is 0 Å². The second-order valence-electron chi connectivity index (χ2n) is 6.36. The summed E-state index contributed by atoms with van der Waals surface area (Å²) in [6.45, 7) is 0.736. The normalized spacial score (nSPS) is 15.8. The average molecular weight is 367 g/mol. The number of sulfonamides is 1. The minimum Gasteiger partial charge on any atom is -0.207 e. The molecular weight excluding hydrogens is 349 g/mol. The molecule has 0 saturated heterocycles. The Hall–Kier alpha value is -2.50. The van der Waals surface area contributed by atoms with Crippen molar-refractivity contribution in [1.29, 1.82) is 0 Å². The van der Waals surface area contributed by atoms with E-state index in [0.717, 1.165) is 21.9 Å². The van der Waals surface area contributed by atoms with Gasteiger partial charge in [0.2, 0.25) is 10.0 Å². The van der Waals surface area contributed by atoms with Crippen LogP contribution in [-0.2, 0) is 10.0 Å². The summed E-state index contributed by atoms with van der Waals surface area (Å²) in [6, 6.07) is 19.3. The SMILES string of the molecule is O=S(=O)(c1ccc2ccccc2c1)N1CC=C(c2ccc(F)cc2)CC1. The van der Waals surface area contributed by atoms with Gasteiger partial charge in [0.15, 0.2) is 0 Å². The lowest BCUT2D eigenvalue weighted by molar-refractivity contribution is 0.441. The van der Waals surface area contributed by atoms with Crippen LogP contribution in [0.2, 0.25) is 0 Å². The molecule has 0 saturated carbocycles. The molecule has 26 heavy (non-hydrogen) atoms. The van der Waals surface area contributed by atoms with Gasteiger partial charge in [-0.05, 0) is 52.6 Å². The Kier molecular flexibility index (Phi) is 4.34. The van der Waals surface area contributed by atoms with Gasteiger partial charge in [0.25, 0.3) is 0 Å². The second kappa shape index (κ2) is 6.67. The number of fused-ring (bicyclic) bond motifs is 1. The molecule has 3 nitrogen and oxygen atoms in total. The van der Waals surface area contributed by atoms with Gasteiger partial charge in [-0.1, -0.05) is 48.5 Å². The van der Waals surface area contributed by atoms with Crippen LogP contribution >= 0.6 is 0 Å². The van der Waals surface area contributed by atoms with E-state index in [1.165, 1.54) is 16.4 Å². The maximum atomic E-state index is 13.1. The lowest BCUT2D eigenvalue weighted by atomic mass is 10.0. The summed E-state index contributed by atoms with van der Waals surface area (Å²) in [5.41, 5.74) is 1.99. The first kappa shape index (κ1) is 16.9. The van der Waals surface area contributed by atoms with Crippen LogP contribution in [0.4, 0.5) is 4.39 Å². The van der Waals surface area contributed by atoms with E-state index < -0.39 is 10.0 Å². The Morgan fingerprint density at radius 1 is 0.885 bits per heavy atom. The van der Waals surface area contributed by atoms with Gasteiger partial charge in [-0.15, -0.1) is 0 Å². The summed E-state index contributed by atoms with van der Waals surface area (Å²) in [5.74, 6) is -0.273. The molecule has 0 aliphatic carbocycles. The molecule has 0 N–H and O–H groups in total. The summed E-state index contributed by atoms with van der Waals surface area (Å²) in [5, 5.41) is 1.93. The molecule has 3 aromatic carbocycles. The van der Waals surface area contributed by atoms with Crippen LogP contribution in [0.3, 0.4) is 0 Å². The third kappa shape index (κ3) is 3.16. The first-order chi connectivity index (χ1) is 12.5. The smallest absolute Gasteiger partial charge is 0.207 e. The van der Waals surface area contributed by atoms with Crippen molar-refractivity contribution in [1.82, 2.24) is 4.31 Å². The van der Waals surface area contributed by atoms with Crippen molar-refractivity contribution in [2.75, 3.05) is 13.1 Å². The zero-order valence-corrected chi connectivity index (χ0v) is 14.9. The van der Waals surface area contributed by atoms with Crippen molar-refractivity contribution in [2.45, 2.75) is 11.3 Å². The molecule has 0 unspecified atom stereocenters. The molecule has 1 heterocycles. The molecule has 0 aromatic heterocycles. The molecule has 132 valence electrons. The van der Waals surface area contributed by atoms with Gasteiger partial charge in [0.1, 0.15) is 5.82 Å². The number of hydrogen-bond donors (Lipinski definition) is 0. The molecule has 0 spiro atoms. The van der Waals surface area contributed by atoms with E-state index in [1.807, 2.05) is 36.4 Å². The molecule has 0 bridgehead atoms. The maximum Gasteiger partial charge on any atom is 0.243 e. The molecule has 1 aliphatic rings. The average Bonchev–Trinajstić information content (AvgIpc) is 2.68. The maximum absolute atomic E-state index is 13.1. The molecule has 0 atom stereocenters. The van der Waals surface area contributed by atoms with Gasteiger partial charge >= 0.3 is 0 Å². The topological polar surface area (TPSA) is 37.4 Å². The van der Waals surface area contributed by atoms with E-state index >= 15 is 0 Å². The van der Waals surface area contributed by atoms with Gasteiger partial charge in [0, 0.05) is 13.1 Å². The molecule has 0 radical (unpaired) electrons. The van der Waals surface area contributed by atoms with E-state index in [9.17, 15) is 12.8 Å². The van der Waals surface area contributed by atoms with Crippen LogP contribution in [0.15, 0.2) is 77.7 Å². The van der Waals surface area contributed by atoms with E-state index in [4.69, 9.17) is 0 Å². The highest BCUT2D eigenvalue weighted by atomic mass is 32.2. The standard InChI is InChI=1S/C21H18FNO2S/c22-20-8-5-17(6-9-20)18-11-13-23(14-12-18)26(24,25)21-10-7-16-3-1-2-4-19(16)15-21/h1-11,15H,12-14H2. The Labute approximate surface area is 152 Å². The Balaban J connectivity index is 1.59. The van der Waals surface area contributed by atoms with Crippen molar-refractivity contribution in [2.24, 2.45) is 0 Å². The Morgan fingerprint density at radius 2 is 1.62 bits per heavy atom. The highest BCUT2D eigenvalue weighted by molar-refractivity contribution is 7.89. The summed E-state index contributed by atoms with van der Waals surface area (Å²) in [7, 11) is -3.54. The zero-order chi connectivity index (χ0) is 18.1. The fourth-order valence-electron chi connectivity index (χ4n) is 3.27. The van der Waals surface area contributed by atoms with Crippen molar-refractivity contribution in [3.05, 3.63) is 84.2 Å². The number of halogens is 1. The molecule has 5 heteroatoms. The van der Waals surface area contributed by atoms with Crippen LogP contribution in [0.1, 0.15) is 12.0 Å². The Bertz CT molecular complexity index is 1090. The lowest BCUT2D eigenvalue weighted by Crippen LogP contribution is -2.34. The van der Waals surface area contributed by atoms with Crippen molar-refractivity contribution < 1.29 is 12.8 Å². The van der Waals surface area contributed by atoms with E-state index in [-0.39, 0.29) is 5.82 Å². The Morgan fingerprint density at radius 3 is 2.31 bits per heavy atom. The van der Waals surface area contributed by atoms with E-state index in [0.29, 0.717) is 24.4 Å². The third-order valence-electron chi connectivity index (χ3n) is 4.75. The number of rotatable bonds is 3. The minimum absolute atomic E-state index is 0.273. The van der Waals surface area contributed by atoms with Gasteiger partial charge in [0.05, 0.1) is 4.90 Å². The van der Waals surface area contributed by atoms with Crippen LogP contribution in [-0.4, -0.2) is 25.8 Å². The minimum atomic E-state index is -3.54. The van der Waals surface area contributed by atoms with Crippen molar-refractivity contribution in [3.8, 4) is 0 Å². The number of hydrogen-bond acceptors (Lipinski definition) is 2. The molecule has 1 aliphatic heterocycles. The highest BCUT2D eigenvalue weighted by Crippen LogP contribution is 2.27. The molecule has 3 aromatic rings. The third-order valence-corrected chi connectivity index (χ3v) is 6.61. The molecule has 4 rings (SSSR count). The highest BCUT2D eigenvalue weighted by Gasteiger charge is 2.26. The second-order valence-corrected chi connectivity index (χ2v) is 8.30. The zero-order valence-electron chi connectivity index (χ0n) is 14.1. The molecular formula is C21H18FNO2S. The summed E-state index contributed by atoms with van der Waals surface area (Å²) < 4.78 is 40.5. The predicted octanol–water partition coefficient (Wildman–Crippen LogP) is 4.46. The monoisotopic (exact) mass is 367 g/mol. The van der Waals surface area contributed by atoms with Crippen LogP contribution < -0.4 is 0 Å². The van der Waals surface area contributed by atoms with Gasteiger partial charge in [-0.25, -0.2) is 12.8 Å². The van der Waals surface area contributed by atoms with E-state index in [1.54, 1.807) is 24.3 Å². The van der Waals surface area contributed by atoms with E-state index in [2.05, 4.69) is 0 Å². The summed E-state index contributed by atoms with van der Waals surface area (Å²) >= 11 is 0. The van der Waals surface area contributed by atoms with Crippen molar-refractivity contribution >= 4 is 26.4 Å². The molecule has 0 fully saturated rings. The number of benzene rings is 3.